The Morgan fingerprint density at radius 3 is 2.27 bits per heavy atom. The van der Waals surface area contributed by atoms with Gasteiger partial charge >= 0.3 is 0 Å². The zero-order chi connectivity index (χ0) is 26.4. The van der Waals surface area contributed by atoms with Crippen molar-refractivity contribution in [2.24, 2.45) is 0 Å². The summed E-state index contributed by atoms with van der Waals surface area (Å²) >= 11 is 0. The number of hydrogen-bond donors (Lipinski definition) is 4. The van der Waals surface area contributed by atoms with Gasteiger partial charge in [-0.2, -0.15) is 0 Å². The molecule has 37 heavy (non-hydrogen) atoms. The maximum Gasteiger partial charge on any atom is 0.248 e. The van der Waals surface area contributed by atoms with Crippen LogP contribution < -0.4 is 16.4 Å². The fraction of sp³-hybridized carbons (Fsp3) is 0.267. The van der Waals surface area contributed by atoms with E-state index < -0.39 is 12.1 Å². The molecular formula is C30H34N4O3. The van der Waals surface area contributed by atoms with Crippen molar-refractivity contribution in [1.29, 1.82) is 0 Å². The Morgan fingerprint density at radius 1 is 0.973 bits per heavy atom. The number of hydrogen-bond acceptors (Lipinski definition) is 5. The largest absolute Gasteiger partial charge is 0.397 e. The lowest BCUT2D eigenvalue weighted by Gasteiger charge is -2.27. The standard InChI is InChI=1S/C30H34N4O3/c1-20(2)22-12-14-24(15-13-22)32-30(37)29(34-18-17-25(35)19-34)23-10-7-21(8-11-23)9-16-28(36)33-27-6-4-3-5-26(27)31/h3-16,20,25,29,35H,17-19,31H2,1-2H3,(H,32,37)(H,33,36)/b16-9+/t25-,29?/m0/s1. The number of nitrogens with two attached hydrogens (primary N) is 1. The molecule has 0 saturated carbocycles. The third kappa shape index (κ3) is 6.84. The first-order chi connectivity index (χ1) is 17.8. The Morgan fingerprint density at radius 2 is 1.65 bits per heavy atom. The Hall–Kier alpha value is -3.94. The van der Waals surface area contributed by atoms with Gasteiger partial charge in [0, 0.05) is 24.9 Å². The number of carbonyl (C=O) groups is 2. The van der Waals surface area contributed by atoms with Crippen LogP contribution in [-0.4, -0.2) is 41.0 Å². The van der Waals surface area contributed by atoms with Crippen molar-refractivity contribution in [3.8, 4) is 0 Å². The third-order valence-electron chi connectivity index (χ3n) is 6.55. The summed E-state index contributed by atoms with van der Waals surface area (Å²) in [7, 11) is 0. The minimum absolute atomic E-state index is 0.144. The molecule has 7 nitrogen and oxygen atoms in total. The second kappa shape index (κ2) is 11.9. The van der Waals surface area contributed by atoms with Crippen LogP contribution in [0, 0.1) is 0 Å². The van der Waals surface area contributed by atoms with Crippen molar-refractivity contribution in [3.05, 3.63) is 95.6 Å². The average Bonchev–Trinajstić information content (AvgIpc) is 3.31. The maximum absolute atomic E-state index is 13.4. The monoisotopic (exact) mass is 498 g/mol. The number of nitrogens with one attached hydrogen (secondary N) is 2. The van der Waals surface area contributed by atoms with Gasteiger partial charge in [0.1, 0.15) is 6.04 Å². The van der Waals surface area contributed by atoms with Crippen molar-refractivity contribution >= 4 is 35.0 Å². The van der Waals surface area contributed by atoms with Gasteiger partial charge in [0.15, 0.2) is 0 Å². The lowest BCUT2D eigenvalue weighted by molar-refractivity contribution is -0.121. The minimum Gasteiger partial charge on any atom is -0.397 e. The van der Waals surface area contributed by atoms with Crippen molar-refractivity contribution < 1.29 is 14.7 Å². The maximum atomic E-state index is 13.4. The van der Waals surface area contributed by atoms with Crippen LogP contribution in [0.4, 0.5) is 17.1 Å². The number of nitrogens with zero attached hydrogens (tertiary/aromatic N) is 1. The van der Waals surface area contributed by atoms with Gasteiger partial charge in [-0.3, -0.25) is 14.5 Å². The van der Waals surface area contributed by atoms with Crippen molar-refractivity contribution in [3.63, 3.8) is 0 Å². The number of aliphatic hydroxyl groups excluding tert-OH is 1. The summed E-state index contributed by atoms with van der Waals surface area (Å²) in [6, 6.07) is 22.0. The summed E-state index contributed by atoms with van der Waals surface area (Å²) in [5, 5.41) is 15.9. The van der Waals surface area contributed by atoms with Gasteiger partial charge < -0.3 is 21.5 Å². The lowest BCUT2D eigenvalue weighted by Crippen LogP contribution is -2.36. The normalized spacial score (nSPS) is 16.7. The highest BCUT2D eigenvalue weighted by Gasteiger charge is 2.33. The van der Waals surface area contributed by atoms with Crippen LogP contribution in [0.5, 0.6) is 0 Å². The van der Waals surface area contributed by atoms with Gasteiger partial charge in [0.25, 0.3) is 0 Å². The molecule has 3 aromatic carbocycles. The summed E-state index contributed by atoms with van der Waals surface area (Å²) in [5.74, 6) is -0.0121. The second-order valence-electron chi connectivity index (χ2n) is 9.68. The fourth-order valence-electron chi connectivity index (χ4n) is 4.44. The van der Waals surface area contributed by atoms with Gasteiger partial charge in [-0.05, 0) is 59.4 Å². The number of para-hydroxylation sites is 2. The molecule has 1 aliphatic rings. The van der Waals surface area contributed by atoms with E-state index in [2.05, 4.69) is 24.5 Å². The molecule has 0 spiro atoms. The number of benzene rings is 3. The number of rotatable bonds is 8. The van der Waals surface area contributed by atoms with Crippen LogP contribution in [0.1, 0.15) is 48.9 Å². The minimum atomic E-state index is -0.538. The third-order valence-corrected chi connectivity index (χ3v) is 6.55. The smallest absolute Gasteiger partial charge is 0.248 e. The molecule has 192 valence electrons. The average molecular weight is 499 g/mol. The highest BCUT2D eigenvalue weighted by Crippen LogP contribution is 2.28. The van der Waals surface area contributed by atoms with Gasteiger partial charge in [-0.1, -0.05) is 62.4 Å². The quantitative estimate of drug-likeness (QED) is 0.264. The highest BCUT2D eigenvalue weighted by molar-refractivity contribution is 6.03. The van der Waals surface area contributed by atoms with Gasteiger partial charge in [0.2, 0.25) is 11.8 Å². The van der Waals surface area contributed by atoms with Crippen LogP contribution in [0.15, 0.2) is 78.9 Å². The van der Waals surface area contributed by atoms with Gasteiger partial charge in [-0.25, -0.2) is 0 Å². The van der Waals surface area contributed by atoms with Gasteiger partial charge in [-0.15, -0.1) is 0 Å². The van der Waals surface area contributed by atoms with E-state index in [9.17, 15) is 14.7 Å². The topological polar surface area (TPSA) is 108 Å². The second-order valence-corrected chi connectivity index (χ2v) is 9.68. The van der Waals surface area contributed by atoms with E-state index in [0.717, 1.165) is 16.8 Å². The fourth-order valence-corrected chi connectivity index (χ4v) is 4.44. The predicted molar refractivity (Wildman–Crippen MR) is 149 cm³/mol. The summed E-state index contributed by atoms with van der Waals surface area (Å²) in [4.78, 5) is 27.7. The van der Waals surface area contributed by atoms with Crippen LogP contribution in [0.3, 0.4) is 0 Å². The Labute approximate surface area is 218 Å². The number of amides is 2. The van der Waals surface area contributed by atoms with Crippen molar-refractivity contribution in [2.45, 2.75) is 38.3 Å². The number of nitrogen functional groups attached to an aromatic ring is 1. The first-order valence-electron chi connectivity index (χ1n) is 12.6. The van der Waals surface area contributed by atoms with Crippen LogP contribution in [-0.2, 0) is 9.59 Å². The highest BCUT2D eigenvalue weighted by atomic mass is 16.3. The SMILES string of the molecule is CC(C)c1ccc(NC(=O)C(c2ccc(/C=C/C(=O)Nc3ccccc3N)cc2)N2CC[C@H](O)C2)cc1. The number of β-amino-alcohol motifs (C(OH)–C–C–N with tert-alkyl or cyclic N) is 1. The van der Waals surface area contributed by atoms with E-state index in [1.54, 1.807) is 30.3 Å². The Balaban J connectivity index is 1.47. The molecule has 2 atom stereocenters. The van der Waals surface area contributed by atoms with E-state index in [1.165, 1.54) is 11.6 Å². The van der Waals surface area contributed by atoms with Crippen LogP contribution in [0.2, 0.25) is 0 Å². The molecular weight excluding hydrogens is 464 g/mol. The zero-order valence-corrected chi connectivity index (χ0v) is 21.2. The van der Waals surface area contributed by atoms with E-state index in [-0.39, 0.29) is 11.8 Å². The lowest BCUT2D eigenvalue weighted by atomic mass is 10.0. The summed E-state index contributed by atoms with van der Waals surface area (Å²) < 4.78 is 0. The summed E-state index contributed by atoms with van der Waals surface area (Å²) in [6.07, 6.45) is 3.35. The molecule has 0 aromatic heterocycles. The van der Waals surface area contributed by atoms with E-state index in [0.29, 0.717) is 36.8 Å². The molecule has 1 unspecified atom stereocenters. The molecule has 0 bridgehead atoms. The molecule has 3 aromatic rings. The first-order valence-corrected chi connectivity index (χ1v) is 12.6. The molecule has 0 aliphatic carbocycles. The van der Waals surface area contributed by atoms with Crippen LogP contribution >= 0.6 is 0 Å². The molecule has 1 fully saturated rings. The van der Waals surface area contributed by atoms with E-state index in [1.807, 2.05) is 53.4 Å². The predicted octanol–water partition coefficient (Wildman–Crippen LogP) is 4.79. The van der Waals surface area contributed by atoms with Crippen LogP contribution in [0.25, 0.3) is 6.08 Å². The molecule has 1 saturated heterocycles. The van der Waals surface area contributed by atoms with E-state index in [4.69, 9.17) is 5.73 Å². The number of aliphatic hydroxyl groups is 1. The Kier molecular flexibility index (Phi) is 8.38. The molecule has 4 rings (SSSR count). The number of carbonyl (C=O) groups excluding carboxylic acids is 2. The molecule has 0 radical (unpaired) electrons. The first kappa shape index (κ1) is 26.1. The van der Waals surface area contributed by atoms with E-state index >= 15 is 0 Å². The molecule has 5 N–H and O–H groups in total. The molecule has 2 amide bonds. The summed E-state index contributed by atoms with van der Waals surface area (Å²) in [5.41, 5.74) is 10.5. The molecule has 7 heteroatoms. The Bertz CT molecular complexity index is 1250. The zero-order valence-electron chi connectivity index (χ0n) is 21.2. The molecule has 1 heterocycles. The molecule has 1 aliphatic heterocycles. The van der Waals surface area contributed by atoms with Crippen molar-refractivity contribution in [1.82, 2.24) is 4.90 Å². The van der Waals surface area contributed by atoms with Gasteiger partial charge in [0.05, 0.1) is 17.5 Å². The van der Waals surface area contributed by atoms with Crippen molar-refractivity contribution in [2.75, 3.05) is 29.5 Å². The summed E-state index contributed by atoms with van der Waals surface area (Å²) in [6.45, 7) is 5.34. The number of anilines is 3. The number of likely N-dealkylation sites (tertiary alicyclic amines) is 1.